The second-order valence-corrected chi connectivity index (χ2v) is 7.39. The van der Waals surface area contributed by atoms with Crippen LogP contribution in [0, 0.1) is 6.92 Å². The molecule has 0 saturated carbocycles. The molecule has 2 heterocycles. The van der Waals surface area contributed by atoms with Crippen LogP contribution < -0.4 is 0 Å². The third kappa shape index (κ3) is 6.11. The molecule has 0 aromatic carbocycles. The fraction of sp³-hybridized carbons (Fsp3) is 0.600. The Morgan fingerprint density at radius 3 is 2.62 bits per heavy atom. The van der Waals surface area contributed by atoms with E-state index in [9.17, 15) is 4.79 Å². The van der Waals surface area contributed by atoms with Crippen LogP contribution in [-0.2, 0) is 20.8 Å². The van der Waals surface area contributed by atoms with Crippen molar-refractivity contribution in [2.75, 3.05) is 33.4 Å². The minimum atomic E-state index is -0.470. The monoisotopic (exact) mass is 362 g/mol. The average molecular weight is 362 g/mol. The highest BCUT2D eigenvalue weighted by Crippen LogP contribution is 2.25. The number of amides is 1. The summed E-state index contributed by atoms with van der Waals surface area (Å²) in [4.78, 5) is 18.5. The number of carbonyl (C=O) groups excluding carboxylic acids is 1. The largest absolute Gasteiger partial charge is 0.444 e. The van der Waals surface area contributed by atoms with E-state index in [-0.39, 0.29) is 6.09 Å². The molecule has 144 valence electrons. The van der Waals surface area contributed by atoms with Crippen LogP contribution in [0.5, 0.6) is 0 Å². The van der Waals surface area contributed by atoms with Crippen molar-refractivity contribution >= 4 is 11.7 Å². The number of pyridine rings is 1. The Balaban J connectivity index is 1.96. The molecule has 1 aromatic rings. The van der Waals surface area contributed by atoms with Crippen LogP contribution in [0.3, 0.4) is 0 Å². The van der Waals surface area contributed by atoms with Crippen molar-refractivity contribution in [3.63, 3.8) is 0 Å². The molecule has 0 unspecified atom stereocenters. The molecule has 0 saturated heterocycles. The summed E-state index contributed by atoms with van der Waals surface area (Å²) < 4.78 is 15.9. The Morgan fingerprint density at radius 2 is 2.04 bits per heavy atom. The van der Waals surface area contributed by atoms with Crippen LogP contribution in [0.1, 0.15) is 44.1 Å². The molecule has 26 heavy (non-hydrogen) atoms. The topological polar surface area (TPSA) is 60.9 Å². The second-order valence-electron chi connectivity index (χ2n) is 7.39. The number of hydrogen-bond acceptors (Lipinski definition) is 5. The molecule has 2 rings (SSSR count). The van der Waals surface area contributed by atoms with Gasteiger partial charge in [0.05, 0.1) is 25.5 Å². The number of rotatable bonds is 6. The van der Waals surface area contributed by atoms with E-state index < -0.39 is 5.60 Å². The van der Waals surface area contributed by atoms with Gasteiger partial charge in [0.2, 0.25) is 0 Å². The molecule has 0 aliphatic carbocycles. The molecule has 1 aliphatic heterocycles. The van der Waals surface area contributed by atoms with Crippen LogP contribution in [0.2, 0.25) is 0 Å². The Labute approximate surface area is 156 Å². The molecule has 0 spiro atoms. The van der Waals surface area contributed by atoms with Gasteiger partial charge in [-0.2, -0.15) is 0 Å². The highest BCUT2D eigenvalue weighted by molar-refractivity contribution is 5.73. The fourth-order valence-corrected chi connectivity index (χ4v) is 2.76. The molecule has 6 nitrogen and oxygen atoms in total. The molecule has 0 atom stereocenters. The lowest BCUT2D eigenvalue weighted by Crippen LogP contribution is -2.39. The lowest BCUT2D eigenvalue weighted by atomic mass is 9.98. The summed E-state index contributed by atoms with van der Waals surface area (Å²) in [6.07, 6.45) is 2.63. The maximum absolute atomic E-state index is 12.2. The Kier molecular flexibility index (Phi) is 7.17. The normalized spacial score (nSPS) is 15.0. The van der Waals surface area contributed by atoms with Gasteiger partial charge in [-0.15, -0.1) is 0 Å². The number of nitrogens with zero attached hydrogens (tertiary/aromatic N) is 2. The lowest BCUT2D eigenvalue weighted by molar-refractivity contribution is 0.0270. The summed E-state index contributed by atoms with van der Waals surface area (Å²) in [6.45, 7) is 10.5. The Bertz CT molecular complexity index is 650. The van der Waals surface area contributed by atoms with Crippen molar-refractivity contribution in [2.45, 2.75) is 46.3 Å². The number of hydrogen-bond donors (Lipinski definition) is 0. The number of carbonyl (C=O) groups is 1. The van der Waals surface area contributed by atoms with Gasteiger partial charge in [-0.05, 0) is 51.3 Å². The first kappa shape index (κ1) is 20.4. The van der Waals surface area contributed by atoms with Crippen molar-refractivity contribution in [1.29, 1.82) is 0 Å². The minimum absolute atomic E-state index is 0.258. The standard InChI is InChI=1S/C20H30N2O4/c1-15-18(7-6-17(21-15)14-25-13-12-24-5)16-8-10-22(11-9-16)19(23)26-20(2,3)4/h6-8H,9-14H2,1-5H3. The molecule has 1 aromatic heterocycles. The van der Waals surface area contributed by atoms with E-state index >= 15 is 0 Å². The van der Waals surface area contributed by atoms with Crippen LogP contribution in [0.25, 0.3) is 5.57 Å². The van der Waals surface area contributed by atoms with Gasteiger partial charge in [0.25, 0.3) is 0 Å². The highest BCUT2D eigenvalue weighted by Gasteiger charge is 2.24. The van der Waals surface area contributed by atoms with Crippen molar-refractivity contribution in [3.05, 3.63) is 35.2 Å². The number of aromatic nitrogens is 1. The van der Waals surface area contributed by atoms with Crippen molar-refractivity contribution in [3.8, 4) is 0 Å². The predicted molar refractivity (Wildman–Crippen MR) is 101 cm³/mol. The van der Waals surface area contributed by atoms with E-state index in [4.69, 9.17) is 14.2 Å². The molecule has 0 bridgehead atoms. The maximum Gasteiger partial charge on any atom is 0.410 e. The molecule has 1 amide bonds. The molecule has 0 N–H and O–H groups in total. The molecule has 0 fully saturated rings. The molecular formula is C20H30N2O4. The molecule has 1 aliphatic rings. The smallest absolute Gasteiger partial charge is 0.410 e. The van der Waals surface area contributed by atoms with Crippen LogP contribution in [0.4, 0.5) is 4.79 Å². The molecule has 6 heteroatoms. The Morgan fingerprint density at radius 1 is 1.27 bits per heavy atom. The fourth-order valence-electron chi connectivity index (χ4n) is 2.76. The van der Waals surface area contributed by atoms with Gasteiger partial charge in [-0.1, -0.05) is 12.1 Å². The van der Waals surface area contributed by atoms with E-state index in [1.165, 1.54) is 5.57 Å². The highest BCUT2D eigenvalue weighted by atomic mass is 16.6. The quantitative estimate of drug-likeness (QED) is 0.724. The summed E-state index contributed by atoms with van der Waals surface area (Å²) in [7, 11) is 1.66. The third-order valence-electron chi connectivity index (χ3n) is 4.03. The van der Waals surface area contributed by atoms with E-state index in [1.54, 1.807) is 12.0 Å². The first-order chi connectivity index (χ1) is 12.3. The van der Waals surface area contributed by atoms with Crippen molar-refractivity contribution in [1.82, 2.24) is 9.88 Å². The van der Waals surface area contributed by atoms with Gasteiger partial charge in [0.1, 0.15) is 5.60 Å². The lowest BCUT2D eigenvalue weighted by Gasteiger charge is -2.29. The minimum Gasteiger partial charge on any atom is -0.444 e. The number of ether oxygens (including phenoxy) is 3. The second kappa shape index (κ2) is 9.14. The summed E-state index contributed by atoms with van der Waals surface area (Å²) >= 11 is 0. The zero-order chi connectivity index (χ0) is 19.2. The average Bonchev–Trinajstić information content (AvgIpc) is 2.57. The SMILES string of the molecule is COCCOCc1ccc(C2=CCN(C(=O)OC(C)(C)C)CC2)c(C)n1. The summed E-state index contributed by atoms with van der Waals surface area (Å²) in [6, 6.07) is 4.09. The first-order valence-corrected chi connectivity index (χ1v) is 9.00. The van der Waals surface area contributed by atoms with Crippen LogP contribution in [0.15, 0.2) is 18.2 Å². The number of methoxy groups -OCH3 is 1. The molecule has 0 radical (unpaired) electrons. The van der Waals surface area contributed by atoms with E-state index in [0.29, 0.717) is 32.9 Å². The third-order valence-corrected chi connectivity index (χ3v) is 4.03. The van der Waals surface area contributed by atoms with E-state index in [0.717, 1.165) is 23.4 Å². The predicted octanol–water partition coefficient (Wildman–Crippen LogP) is 3.58. The summed E-state index contributed by atoms with van der Waals surface area (Å²) in [5, 5.41) is 0. The van der Waals surface area contributed by atoms with Gasteiger partial charge < -0.3 is 19.1 Å². The summed E-state index contributed by atoms with van der Waals surface area (Å²) in [5.74, 6) is 0. The van der Waals surface area contributed by atoms with Crippen LogP contribution >= 0.6 is 0 Å². The van der Waals surface area contributed by atoms with Gasteiger partial charge in [0, 0.05) is 25.9 Å². The first-order valence-electron chi connectivity index (χ1n) is 9.00. The van der Waals surface area contributed by atoms with Gasteiger partial charge in [0.15, 0.2) is 0 Å². The maximum atomic E-state index is 12.2. The van der Waals surface area contributed by atoms with Crippen LogP contribution in [-0.4, -0.2) is 55.0 Å². The number of aryl methyl sites for hydroxylation is 1. The zero-order valence-electron chi connectivity index (χ0n) is 16.5. The van der Waals surface area contributed by atoms with E-state index in [2.05, 4.69) is 17.1 Å². The Hall–Kier alpha value is -1.92. The van der Waals surface area contributed by atoms with Crippen molar-refractivity contribution in [2.24, 2.45) is 0 Å². The van der Waals surface area contributed by atoms with Gasteiger partial charge in [-0.3, -0.25) is 4.98 Å². The van der Waals surface area contributed by atoms with Crippen molar-refractivity contribution < 1.29 is 19.0 Å². The van der Waals surface area contributed by atoms with E-state index in [1.807, 2.05) is 33.8 Å². The molecular weight excluding hydrogens is 332 g/mol. The van der Waals surface area contributed by atoms with Gasteiger partial charge >= 0.3 is 6.09 Å². The zero-order valence-corrected chi connectivity index (χ0v) is 16.5. The summed E-state index contributed by atoms with van der Waals surface area (Å²) in [5.41, 5.74) is 3.78. The van der Waals surface area contributed by atoms with Gasteiger partial charge in [-0.25, -0.2) is 4.79 Å².